The molecule has 0 aliphatic carbocycles. The van der Waals surface area contributed by atoms with Crippen molar-refractivity contribution in [2.24, 2.45) is 0 Å². The average molecular weight is 229 g/mol. The molecule has 1 N–H and O–H groups in total. The summed E-state index contributed by atoms with van der Waals surface area (Å²) in [5, 5.41) is 0.142. The molecule has 0 atom stereocenters. The largest absolute Gasteiger partial charge is 0.319 e. The first kappa shape index (κ1) is 9.49. The third kappa shape index (κ3) is 1.61. The van der Waals surface area contributed by atoms with Gasteiger partial charge in [0, 0.05) is 12.1 Å². The van der Waals surface area contributed by atoms with Gasteiger partial charge in [-0.05, 0) is 17.7 Å². The van der Waals surface area contributed by atoms with Crippen molar-refractivity contribution < 1.29 is 0 Å². The van der Waals surface area contributed by atoms with Gasteiger partial charge in [0.2, 0.25) is 0 Å². The zero-order chi connectivity index (χ0) is 10.1. The number of halogens is 2. The van der Waals surface area contributed by atoms with Crippen molar-refractivity contribution in [3.63, 3.8) is 0 Å². The van der Waals surface area contributed by atoms with Crippen LogP contribution in [0.4, 0.5) is 0 Å². The summed E-state index contributed by atoms with van der Waals surface area (Å²) in [4.78, 5) is 17.9. The smallest absolute Gasteiger partial charge is 0.267 e. The summed E-state index contributed by atoms with van der Waals surface area (Å²) in [5.74, 6) is 0.369. The minimum absolute atomic E-state index is 0.142. The molecule has 0 saturated heterocycles. The average Bonchev–Trinajstić information content (AvgIpc) is 2.19. The molecule has 0 bridgehead atoms. The Hall–Kier alpha value is -1.06. The van der Waals surface area contributed by atoms with Crippen molar-refractivity contribution in [3.8, 4) is 0 Å². The molecule has 2 aromatic rings. The van der Waals surface area contributed by atoms with E-state index in [9.17, 15) is 4.79 Å². The number of H-pyrrole nitrogens is 1. The van der Waals surface area contributed by atoms with Crippen LogP contribution in [-0.4, -0.2) is 9.97 Å². The highest BCUT2D eigenvalue weighted by molar-refractivity contribution is 6.30. The van der Waals surface area contributed by atoms with Gasteiger partial charge in [0.25, 0.3) is 5.56 Å². The Morgan fingerprint density at radius 1 is 1.43 bits per heavy atom. The first-order valence-electron chi connectivity index (χ1n) is 3.94. The van der Waals surface area contributed by atoms with Crippen molar-refractivity contribution in [1.29, 1.82) is 0 Å². The monoisotopic (exact) mass is 228 g/mol. The van der Waals surface area contributed by atoms with Crippen LogP contribution >= 0.6 is 23.2 Å². The molecule has 5 heteroatoms. The summed E-state index contributed by atoms with van der Waals surface area (Å²) in [5.41, 5.74) is 1.85. The van der Waals surface area contributed by atoms with Crippen LogP contribution < -0.4 is 5.56 Å². The number of hydrogen-bond donors (Lipinski definition) is 1. The van der Waals surface area contributed by atoms with E-state index >= 15 is 0 Å². The summed E-state index contributed by atoms with van der Waals surface area (Å²) in [7, 11) is 0. The molecule has 3 nitrogen and oxygen atoms in total. The van der Waals surface area contributed by atoms with E-state index in [1.165, 1.54) is 6.07 Å². The van der Waals surface area contributed by atoms with Crippen molar-refractivity contribution in [3.05, 3.63) is 39.3 Å². The molecule has 0 radical (unpaired) electrons. The lowest BCUT2D eigenvalue weighted by molar-refractivity contribution is 1.24. The van der Waals surface area contributed by atoms with Crippen molar-refractivity contribution in [1.82, 2.24) is 9.97 Å². The highest BCUT2D eigenvalue weighted by Gasteiger charge is 2.01. The lowest BCUT2D eigenvalue weighted by Gasteiger charge is -1.99. The summed E-state index contributed by atoms with van der Waals surface area (Å²) in [6.45, 7) is 0. The molecular weight excluding hydrogens is 223 g/mol. The minimum Gasteiger partial charge on any atom is -0.319 e. The van der Waals surface area contributed by atoms with Gasteiger partial charge in [-0.1, -0.05) is 11.6 Å². The molecule has 0 amide bonds. The molecule has 0 fully saturated rings. The van der Waals surface area contributed by atoms with Crippen molar-refractivity contribution in [2.45, 2.75) is 5.88 Å². The van der Waals surface area contributed by atoms with Crippen LogP contribution in [0.2, 0.25) is 5.02 Å². The van der Waals surface area contributed by atoms with Crippen LogP contribution in [0.15, 0.2) is 23.1 Å². The van der Waals surface area contributed by atoms with Gasteiger partial charge >= 0.3 is 0 Å². The van der Waals surface area contributed by atoms with Gasteiger partial charge < -0.3 is 4.98 Å². The van der Waals surface area contributed by atoms with Crippen LogP contribution in [-0.2, 0) is 5.88 Å². The number of alkyl halides is 1. The number of nitrogens with zero attached hydrogens (tertiary/aromatic N) is 1. The van der Waals surface area contributed by atoms with E-state index in [1.807, 2.05) is 0 Å². The molecule has 0 saturated carbocycles. The third-order valence-electron chi connectivity index (χ3n) is 1.86. The molecule has 2 rings (SSSR count). The van der Waals surface area contributed by atoms with Gasteiger partial charge in [-0.3, -0.25) is 9.78 Å². The molecule has 2 heterocycles. The number of fused-ring (bicyclic) bond motifs is 1. The molecule has 0 aliphatic rings. The van der Waals surface area contributed by atoms with E-state index < -0.39 is 0 Å². The van der Waals surface area contributed by atoms with Gasteiger partial charge in [-0.2, -0.15) is 0 Å². The Bertz CT molecular complexity index is 536. The van der Waals surface area contributed by atoms with E-state index in [1.54, 1.807) is 12.3 Å². The summed E-state index contributed by atoms with van der Waals surface area (Å²) in [6.07, 6.45) is 1.66. The maximum atomic E-state index is 11.2. The first-order chi connectivity index (χ1) is 6.70. The van der Waals surface area contributed by atoms with Gasteiger partial charge in [-0.15, -0.1) is 11.6 Å². The molecule has 0 aromatic carbocycles. The molecule has 2 aromatic heterocycles. The lowest BCUT2D eigenvalue weighted by Crippen LogP contribution is -2.06. The van der Waals surface area contributed by atoms with E-state index in [2.05, 4.69) is 9.97 Å². The van der Waals surface area contributed by atoms with Crippen LogP contribution in [0.3, 0.4) is 0 Å². The third-order valence-corrected chi connectivity index (χ3v) is 2.45. The zero-order valence-corrected chi connectivity index (χ0v) is 8.56. The van der Waals surface area contributed by atoms with E-state index in [4.69, 9.17) is 23.2 Å². The topological polar surface area (TPSA) is 45.8 Å². The highest BCUT2D eigenvalue weighted by Crippen LogP contribution is 2.13. The molecule has 72 valence electrons. The number of aromatic amines is 1. The van der Waals surface area contributed by atoms with E-state index in [0.29, 0.717) is 16.9 Å². The van der Waals surface area contributed by atoms with Crippen molar-refractivity contribution in [2.75, 3.05) is 0 Å². The Morgan fingerprint density at radius 2 is 2.21 bits per heavy atom. The van der Waals surface area contributed by atoms with Gasteiger partial charge in [0.15, 0.2) is 0 Å². The predicted molar refractivity (Wildman–Crippen MR) is 56.9 cm³/mol. The van der Waals surface area contributed by atoms with Crippen molar-refractivity contribution >= 4 is 34.2 Å². The van der Waals surface area contributed by atoms with Crippen LogP contribution in [0, 0.1) is 0 Å². The maximum Gasteiger partial charge on any atom is 0.267 e. The normalized spacial score (nSPS) is 10.7. The summed E-state index contributed by atoms with van der Waals surface area (Å²) in [6, 6.07) is 3.32. The SMILES string of the molecule is O=c1[nH]c2cc(CCl)cnc2cc1Cl. The fourth-order valence-electron chi connectivity index (χ4n) is 1.17. The number of nitrogens with one attached hydrogen (secondary N) is 1. The Morgan fingerprint density at radius 3 is 2.93 bits per heavy atom. The fraction of sp³-hybridized carbons (Fsp3) is 0.111. The van der Waals surface area contributed by atoms with Gasteiger partial charge in [0.1, 0.15) is 5.02 Å². The highest BCUT2D eigenvalue weighted by atomic mass is 35.5. The van der Waals surface area contributed by atoms with Crippen LogP contribution in [0.5, 0.6) is 0 Å². The maximum absolute atomic E-state index is 11.2. The molecular formula is C9H6Cl2N2O. The minimum atomic E-state index is -0.312. The number of rotatable bonds is 1. The van der Waals surface area contributed by atoms with Crippen LogP contribution in [0.1, 0.15) is 5.56 Å². The fourth-order valence-corrected chi connectivity index (χ4v) is 1.47. The van der Waals surface area contributed by atoms with Gasteiger partial charge in [0.05, 0.1) is 11.0 Å². The number of aromatic nitrogens is 2. The zero-order valence-electron chi connectivity index (χ0n) is 7.05. The standard InChI is InChI=1S/C9H6Cl2N2O/c10-3-5-1-8-7(12-4-5)2-6(11)9(14)13-8/h1-2,4H,3H2,(H,13,14). The number of pyridine rings is 2. The lowest BCUT2D eigenvalue weighted by atomic mass is 10.2. The second-order valence-electron chi connectivity index (χ2n) is 2.86. The van der Waals surface area contributed by atoms with Gasteiger partial charge in [-0.25, -0.2) is 0 Å². The summed E-state index contributed by atoms with van der Waals surface area (Å²) < 4.78 is 0. The molecule has 0 spiro atoms. The Balaban J connectivity index is 2.77. The predicted octanol–water partition coefficient (Wildman–Crippen LogP) is 2.32. The summed E-state index contributed by atoms with van der Waals surface area (Å²) >= 11 is 11.3. The Labute approximate surface area is 89.7 Å². The van der Waals surface area contributed by atoms with E-state index in [-0.39, 0.29) is 10.6 Å². The Kier molecular flexibility index (Phi) is 2.44. The quantitative estimate of drug-likeness (QED) is 0.762. The second-order valence-corrected chi connectivity index (χ2v) is 3.53. The molecule has 14 heavy (non-hydrogen) atoms. The molecule has 0 aliphatic heterocycles. The number of hydrogen-bond acceptors (Lipinski definition) is 2. The molecule has 0 unspecified atom stereocenters. The van der Waals surface area contributed by atoms with E-state index in [0.717, 1.165) is 5.56 Å². The first-order valence-corrected chi connectivity index (χ1v) is 4.85. The van der Waals surface area contributed by atoms with Crippen LogP contribution in [0.25, 0.3) is 11.0 Å². The second kappa shape index (κ2) is 3.59.